The van der Waals surface area contributed by atoms with Gasteiger partial charge in [0.05, 0.1) is 12.5 Å². The summed E-state index contributed by atoms with van der Waals surface area (Å²) in [5.41, 5.74) is 15.4. The highest BCUT2D eigenvalue weighted by Gasteiger charge is 2.55. The van der Waals surface area contributed by atoms with Crippen LogP contribution in [-0.4, -0.2) is 53.9 Å². The standard InChI is InChI=1S/C33H39N5O5/c1-20(39)36-27(9-4-5-15-34)32(41)38-16-6-10-28(38)31(40)37-23-12-14-26-30(18-23)43-29-17-22(35)11-13-25(29)33(26)24-8-3-2-7-21(24)19-42-33/h2-3,7-8,11-14,17-18,25,27-29H,4-6,9-10,15-16,19,34-35H2,1H3,(H,36,39)(H,37,40)/t25?,27-,28-,29?,33?/m0/s1. The van der Waals surface area contributed by atoms with Crippen molar-refractivity contribution in [1.82, 2.24) is 10.2 Å². The van der Waals surface area contributed by atoms with E-state index in [0.29, 0.717) is 62.5 Å². The molecule has 1 aliphatic carbocycles. The first-order valence-electron chi connectivity index (χ1n) is 15.1. The fraction of sp³-hybridized carbons (Fsp3) is 0.424. The fourth-order valence-electron chi connectivity index (χ4n) is 6.98. The van der Waals surface area contributed by atoms with E-state index < -0.39 is 17.7 Å². The van der Waals surface area contributed by atoms with Crippen molar-refractivity contribution >= 4 is 23.4 Å². The number of hydrogen-bond acceptors (Lipinski definition) is 7. The number of hydrogen-bond donors (Lipinski definition) is 4. The van der Waals surface area contributed by atoms with Crippen LogP contribution in [0.25, 0.3) is 0 Å². The number of ether oxygens (including phenoxy) is 2. The predicted octanol–water partition coefficient (Wildman–Crippen LogP) is 2.81. The number of rotatable bonds is 8. The fourth-order valence-corrected chi connectivity index (χ4v) is 6.98. The van der Waals surface area contributed by atoms with Crippen molar-refractivity contribution in [3.05, 3.63) is 83.1 Å². The van der Waals surface area contributed by atoms with E-state index >= 15 is 0 Å². The first-order valence-corrected chi connectivity index (χ1v) is 15.1. The molecule has 0 aromatic heterocycles. The summed E-state index contributed by atoms with van der Waals surface area (Å²) < 4.78 is 13.1. The zero-order valence-corrected chi connectivity index (χ0v) is 24.4. The minimum atomic E-state index is -0.748. The number of nitrogens with zero attached hydrogens (tertiary/aromatic N) is 1. The van der Waals surface area contributed by atoms with Crippen LogP contribution in [0, 0.1) is 5.92 Å². The van der Waals surface area contributed by atoms with Crippen LogP contribution in [-0.2, 0) is 31.3 Å². The number of carbonyl (C=O) groups excluding carboxylic acids is 3. The van der Waals surface area contributed by atoms with Gasteiger partial charge < -0.3 is 36.5 Å². The van der Waals surface area contributed by atoms with Crippen LogP contribution < -0.4 is 26.8 Å². The van der Waals surface area contributed by atoms with E-state index in [2.05, 4.69) is 28.8 Å². The van der Waals surface area contributed by atoms with Gasteiger partial charge in [0.15, 0.2) is 0 Å². The Balaban J connectivity index is 1.25. The van der Waals surface area contributed by atoms with Crippen molar-refractivity contribution < 1.29 is 23.9 Å². The third-order valence-corrected chi connectivity index (χ3v) is 8.92. The number of nitrogens with one attached hydrogen (secondary N) is 2. The normalized spacial score (nSPS) is 25.7. The highest BCUT2D eigenvalue weighted by molar-refractivity contribution is 5.99. The summed E-state index contributed by atoms with van der Waals surface area (Å²) in [6, 6.07) is 12.6. The zero-order valence-electron chi connectivity index (χ0n) is 24.4. The highest BCUT2D eigenvalue weighted by Crippen LogP contribution is 2.56. The molecule has 1 spiro atoms. The molecule has 10 heteroatoms. The van der Waals surface area contributed by atoms with Gasteiger partial charge in [-0.2, -0.15) is 0 Å². The third-order valence-electron chi connectivity index (χ3n) is 8.92. The largest absolute Gasteiger partial charge is 0.485 e. The Labute approximate surface area is 251 Å². The quantitative estimate of drug-likeness (QED) is 0.348. The lowest BCUT2D eigenvalue weighted by atomic mass is 9.70. The van der Waals surface area contributed by atoms with Gasteiger partial charge in [-0.1, -0.05) is 30.3 Å². The van der Waals surface area contributed by atoms with Crippen molar-refractivity contribution in [1.29, 1.82) is 0 Å². The van der Waals surface area contributed by atoms with Crippen molar-refractivity contribution in [3.8, 4) is 5.75 Å². The molecule has 6 rings (SSSR count). The Kier molecular flexibility index (Phi) is 7.98. The van der Waals surface area contributed by atoms with Crippen LogP contribution in [0.2, 0.25) is 0 Å². The maximum absolute atomic E-state index is 13.6. The number of amides is 3. The lowest BCUT2D eigenvalue weighted by molar-refractivity contribution is -0.140. The lowest BCUT2D eigenvalue weighted by Gasteiger charge is -2.46. The summed E-state index contributed by atoms with van der Waals surface area (Å²) in [7, 11) is 0. The Morgan fingerprint density at radius 2 is 1.98 bits per heavy atom. The highest BCUT2D eigenvalue weighted by atomic mass is 16.5. The molecular formula is C33H39N5O5. The van der Waals surface area contributed by atoms with E-state index in [1.807, 2.05) is 42.5 Å². The summed E-state index contributed by atoms with van der Waals surface area (Å²) in [6.07, 6.45) is 8.72. The molecule has 3 aliphatic heterocycles. The van der Waals surface area contributed by atoms with Gasteiger partial charge in [-0.05, 0) is 74.1 Å². The third kappa shape index (κ3) is 5.29. The predicted molar refractivity (Wildman–Crippen MR) is 162 cm³/mol. The maximum atomic E-state index is 13.6. The number of nitrogens with two attached hydrogens (primary N) is 2. The number of benzene rings is 2. The van der Waals surface area contributed by atoms with Crippen molar-refractivity contribution in [2.45, 2.75) is 69.4 Å². The molecule has 226 valence electrons. The molecule has 3 heterocycles. The Morgan fingerprint density at radius 3 is 2.79 bits per heavy atom. The minimum Gasteiger partial charge on any atom is -0.485 e. The van der Waals surface area contributed by atoms with Gasteiger partial charge >= 0.3 is 0 Å². The second kappa shape index (κ2) is 11.9. The molecule has 0 radical (unpaired) electrons. The molecule has 0 saturated carbocycles. The summed E-state index contributed by atoms with van der Waals surface area (Å²) in [5.74, 6) is -0.293. The molecule has 43 heavy (non-hydrogen) atoms. The van der Waals surface area contributed by atoms with Crippen LogP contribution in [0.5, 0.6) is 5.75 Å². The van der Waals surface area contributed by atoms with Crippen LogP contribution in [0.1, 0.15) is 55.7 Å². The molecule has 2 aromatic carbocycles. The zero-order chi connectivity index (χ0) is 30.1. The van der Waals surface area contributed by atoms with Crippen molar-refractivity contribution in [2.24, 2.45) is 17.4 Å². The van der Waals surface area contributed by atoms with E-state index in [0.717, 1.165) is 23.1 Å². The van der Waals surface area contributed by atoms with Crippen molar-refractivity contribution in [3.63, 3.8) is 0 Å². The Morgan fingerprint density at radius 1 is 1.14 bits per heavy atom. The van der Waals surface area contributed by atoms with Gasteiger partial charge in [0.25, 0.3) is 0 Å². The maximum Gasteiger partial charge on any atom is 0.247 e. The summed E-state index contributed by atoms with van der Waals surface area (Å²) in [5, 5.41) is 5.78. The average Bonchev–Trinajstić information content (AvgIpc) is 3.63. The monoisotopic (exact) mass is 585 g/mol. The van der Waals surface area contributed by atoms with E-state index in [1.165, 1.54) is 6.92 Å². The number of fused-ring (bicyclic) bond motifs is 6. The smallest absolute Gasteiger partial charge is 0.247 e. The second-order valence-electron chi connectivity index (χ2n) is 11.7. The topological polar surface area (TPSA) is 149 Å². The lowest BCUT2D eigenvalue weighted by Crippen LogP contribution is -2.52. The van der Waals surface area contributed by atoms with E-state index in [9.17, 15) is 14.4 Å². The number of anilines is 1. The number of unbranched alkanes of at least 4 members (excludes halogenated alkanes) is 1. The molecule has 5 atom stereocenters. The SMILES string of the molecule is CC(=O)N[C@@H](CCCCN)C(=O)N1CCC[C@H]1C(=O)Nc1ccc2c(c1)OC1C=C(N)C=CC1C21OCc2ccccc21. The molecule has 1 saturated heterocycles. The number of allylic oxidation sites excluding steroid dienone is 1. The van der Waals surface area contributed by atoms with E-state index in [1.54, 1.807) is 4.90 Å². The Bertz CT molecular complexity index is 1490. The summed E-state index contributed by atoms with van der Waals surface area (Å²) >= 11 is 0. The number of carbonyl (C=O) groups is 3. The minimum absolute atomic E-state index is 0.115. The van der Waals surface area contributed by atoms with Gasteiger partial charge in [0.1, 0.15) is 29.5 Å². The number of likely N-dealkylation sites (tertiary alicyclic amines) is 1. The van der Waals surface area contributed by atoms with Crippen LogP contribution in [0.15, 0.2) is 66.4 Å². The Hall–Kier alpha value is -4.15. The molecular weight excluding hydrogens is 546 g/mol. The molecule has 10 nitrogen and oxygen atoms in total. The van der Waals surface area contributed by atoms with Crippen molar-refractivity contribution in [2.75, 3.05) is 18.4 Å². The van der Waals surface area contributed by atoms with Gasteiger partial charge in [-0.25, -0.2) is 0 Å². The van der Waals surface area contributed by atoms with E-state index in [4.69, 9.17) is 20.9 Å². The first kappa shape index (κ1) is 28.9. The second-order valence-corrected chi connectivity index (χ2v) is 11.7. The van der Waals surface area contributed by atoms with Gasteiger partial charge in [-0.15, -0.1) is 0 Å². The van der Waals surface area contributed by atoms with E-state index in [-0.39, 0.29) is 29.7 Å². The summed E-state index contributed by atoms with van der Waals surface area (Å²) in [4.78, 5) is 40.5. The molecule has 2 aromatic rings. The molecule has 3 unspecified atom stereocenters. The van der Waals surface area contributed by atoms with Crippen LogP contribution in [0.4, 0.5) is 5.69 Å². The summed E-state index contributed by atoms with van der Waals surface area (Å²) in [6.45, 7) is 2.86. The molecule has 3 amide bonds. The van der Waals surface area contributed by atoms with Gasteiger partial charge in [0.2, 0.25) is 17.7 Å². The van der Waals surface area contributed by atoms with Gasteiger partial charge in [-0.3, -0.25) is 14.4 Å². The first-order chi connectivity index (χ1) is 20.8. The van der Waals surface area contributed by atoms with Crippen LogP contribution in [0.3, 0.4) is 0 Å². The molecule has 0 bridgehead atoms. The average molecular weight is 586 g/mol. The van der Waals surface area contributed by atoms with Gasteiger partial charge in [0, 0.05) is 36.5 Å². The van der Waals surface area contributed by atoms with Crippen LogP contribution >= 0.6 is 0 Å². The molecule has 4 aliphatic rings. The molecule has 6 N–H and O–H groups in total. The molecule has 1 fully saturated rings.